The summed E-state index contributed by atoms with van der Waals surface area (Å²) in [4.78, 5) is 37.0. The maximum absolute atomic E-state index is 12.7. The Kier molecular flexibility index (Phi) is 13.3. The molecule has 216 valence electrons. The predicted molar refractivity (Wildman–Crippen MR) is 153 cm³/mol. The number of carbonyl (C=O) groups excluding carboxylic acids is 3. The maximum atomic E-state index is 12.7. The molecular weight excluding hydrogens is 480 g/mol. The van der Waals surface area contributed by atoms with Crippen LogP contribution in [0.15, 0.2) is 18.2 Å². The van der Waals surface area contributed by atoms with E-state index in [0.29, 0.717) is 31.3 Å². The first-order valence-electron chi connectivity index (χ1n) is 13.9. The van der Waals surface area contributed by atoms with Crippen molar-refractivity contribution in [1.82, 2.24) is 10.6 Å². The highest BCUT2D eigenvalue weighted by molar-refractivity contribution is 5.81. The average molecular weight is 533 g/mol. The lowest BCUT2D eigenvalue weighted by Gasteiger charge is -2.19. The number of carbonyl (C=O) groups is 3. The molecule has 1 rings (SSSR count). The zero-order valence-electron chi connectivity index (χ0n) is 25.3. The van der Waals surface area contributed by atoms with Crippen LogP contribution < -0.4 is 10.6 Å². The molecule has 0 saturated heterocycles. The Morgan fingerprint density at radius 1 is 0.632 bits per heavy atom. The molecule has 2 N–H and O–H groups in total. The molecule has 0 unspecified atom stereocenters. The van der Waals surface area contributed by atoms with E-state index < -0.39 is 12.2 Å². The first-order valence-corrected chi connectivity index (χ1v) is 13.9. The van der Waals surface area contributed by atoms with Gasteiger partial charge in [-0.3, -0.25) is 4.79 Å². The van der Waals surface area contributed by atoms with Crippen LogP contribution in [-0.4, -0.2) is 31.1 Å². The first-order chi connectivity index (χ1) is 17.4. The molecular formula is C31H52N2O5. The largest absolute Gasteiger partial charge is 0.445 e. The number of hydrogen-bond acceptors (Lipinski definition) is 5. The molecule has 1 aromatic carbocycles. The minimum atomic E-state index is -0.490. The quantitative estimate of drug-likeness (QED) is 0.259. The van der Waals surface area contributed by atoms with Gasteiger partial charge in [0.2, 0.25) is 0 Å². The summed E-state index contributed by atoms with van der Waals surface area (Å²) >= 11 is 0. The van der Waals surface area contributed by atoms with Crippen molar-refractivity contribution < 1.29 is 23.9 Å². The fourth-order valence-corrected chi connectivity index (χ4v) is 3.65. The van der Waals surface area contributed by atoms with Crippen LogP contribution in [0.4, 0.5) is 9.59 Å². The van der Waals surface area contributed by atoms with Crippen molar-refractivity contribution in [1.29, 1.82) is 0 Å². The fraction of sp³-hybridized carbons (Fsp3) is 0.710. The number of benzene rings is 1. The monoisotopic (exact) mass is 532 g/mol. The van der Waals surface area contributed by atoms with E-state index in [1.807, 2.05) is 59.7 Å². The van der Waals surface area contributed by atoms with Crippen LogP contribution in [0.2, 0.25) is 0 Å². The first kappa shape index (κ1) is 33.5. The molecule has 0 atom stereocenters. The second-order valence-electron chi connectivity index (χ2n) is 14.0. The molecule has 0 saturated carbocycles. The van der Waals surface area contributed by atoms with Crippen LogP contribution in [-0.2, 0) is 33.9 Å². The Bertz CT molecular complexity index is 852. The summed E-state index contributed by atoms with van der Waals surface area (Å²) in [5.74, 6) is 0.177. The van der Waals surface area contributed by atoms with E-state index in [1.54, 1.807) is 0 Å². The molecule has 0 aliphatic rings. The molecule has 0 aliphatic heterocycles. The Morgan fingerprint density at radius 3 is 1.50 bits per heavy atom. The fourth-order valence-electron chi connectivity index (χ4n) is 3.65. The molecule has 7 heteroatoms. The van der Waals surface area contributed by atoms with Crippen molar-refractivity contribution in [3.05, 3.63) is 34.9 Å². The molecule has 0 aromatic heterocycles. The summed E-state index contributed by atoms with van der Waals surface area (Å²) in [6.07, 6.45) is 4.07. The second-order valence-corrected chi connectivity index (χ2v) is 14.0. The van der Waals surface area contributed by atoms with E-state index in [0.717, 1.165) is 42.4 Å². The highest BCUT2D eigenvalue weighted by Crippen LogP contribution is 2.22. The third-order valence-corrected chi connectivity index (χ3v) is 5.66. The van der Waals surface area contributed by atoms with Gasteiger partial charge in [0.15, 0.2) is 0 Å². The van der Waals surface area contributed by atoms with Gasteiger partial charge in [-0.1, -0.05) is 87.3 Å². The standard InChI is InChI=1S/C31H52N2O5/c1-29(2,3)14-12-10-11-13-26(34)18-23-15-24(19-37-27(35)32-21-30(4,5)6)17-25(16-23)20-38-28(36)33-22-31(7,8)9/h15-17H,10-14,18-22H2,1-9H3,(H,32,35)(H,33,36). The van der Waals surface area contributed by atoms with Gasteiger partial charge in [0.25, 0.3) is 0 Å². The Morgan fingerprint density at radius 2 is 1.08 bits per heavy atom. The van der Waals surface area contributed by atoms with E-state index in [-0.39, 0.29) is 29.8 Å². The number of amides is 2. The summed E-state index contributed by atoms with van der Waals surface area (Å²) in [5, 5.41) is 5.54. The van der Waals surface area contributed by atoms with Gasteiger partial charge in [-0.25, -0.2) is 9.59 Å². The molecule has 0 aliphatic carbocycles. The second kappa shape index (κ2) is 15.1. The average Bonchev–Trinajstić information content (AvgIpc) is 2.76. The van der Waals surface area contributed by atoms with Crippen molar-refractivity contribution in [3.8, 4) is 0 Å². The van der Waals surface area contributed by atoms with Crippen molar-refractivity contribution in [2.45, 2.75) is 114 Å². The number of alkyl carbamates (subject to hydrolysis) is 2. The number of rotatable bonds is 13. The third kappa shape index (κ3) is 17.8. The predicted octanol–water partition coefficient (Wildman–Crippen LogP) is 7.34. The zero-order chi connectivity index (χ0) is 29.0. The molecule has 0 bridgehead atoms. The highest BCUT2D eigenvalue weighted by atomic mass is 16.6. The van der Waals surface area contributed by atoms with E-state index >= 15 is 0 Å². The van der Waals surface area contributed by atoms with Gasteiger partial charge in [0.05, 0.1) is 0 Å². The van der Waals surface area contributed by atoms with Crippen molar-refractivity contribution >= 4 is 18.0 Å². The maximum Gasteiger partial charge on any atom is 0.407 e. The van der Waals surface area contributed by atoms with Crippen LogP contribution in [0, 0.1) is 16.2 Å². The van der Waals surface area contributed by atoms with Crippen molar-refractivity contribution in [2.24, 2.45) is 16.2 Å². The number of Topliss-reactive ketones (excluding diaryl/α,β-unsaturated/α-hetero) is 1. The van der Waals surface area contributed by atoms with Gasteiger partial charge in [0, 0.05) is 25.9 Å². The lowest BCUT2D eigenvalue weighted by atomic mass is 9.89. The third-order valence-electron chi connectivity index (χ3n) is 5.66. The van der Waals surface area contributed by atoms with Gasteiger partial charge in [-0.2, -0.15) is 0 Å². The van der Waals surface area contributed by atoms with E-state index in [9.17, 15) is 14.4 Å². The number of unbranched alkanes of at least 4 members (excludes halogenated alkanes) is 2. The van der Waals surface area contributed by atoms with Gasteiger partial charge in [-0.15, -0.1) is 0 Å². The molecule has 1 aromatic rings. The molecule has 0 radical (unpaired) electrons. The molecule has 7 nitrogen and oxygen atoms in total. The lowest BCUT2D eigenvalue weighted by molar-refractivity contribution is -0.118. The normalized spacial score (nSPS) is 12.1. The number of ether oxygens (including phenoxy) is 2. The summed E-state index contributed by atoms with van der Waals surface area (Å²) in [7, 11) is 0. The summed E-state index contributed by atoms with van der Waals surface area (Å²) < 4.78 is 10.8. The lowest BCUT2D eigenvalue weighted by Crippen LogP contribution is -2.32. The van der Waals surface area contributed by atoms with Crippen LogP contribution >= 0.6 is 0 Å². The van der Waals surface area contributed by atoms with Crippen LogP contribution in [0.25, 0.3) is 0 Å². The van der Waals surface area contributed by atoms with Crippen LogP contribution in [0.1, 0.15) is 111 Å². The smallest absolute Gasteiger partial charge is 0.407 e. The number of ketones is 1. The number of nitrogens with one attached hydrogen (secondary N) is 2. The molecule has 0 heterocycles. The topological polar surface area (TPSA) is 93.7 Å². The van der Waals surface area contributed by atoms with Gasteiger partial charge in [-0.05, 0) is 51.8 Å². The SMILES string of the molecule is CC(C)(C)CCCCCC(=O)Cc1cc(COC(=O)NCC(C)(C)C)cc(COC(=O)NCC(C)(C)C)c1. The van der Waals surface area contributed by atoms with Crippen molar-refractivity contribution in [2.75, 3.05) is 13.1 Å². The van der Waals surface area contributed by atoms with E-state index in [1.165, 1.54) is 0 Å². The number of hydrogen-bond donors (Lipinski definition) is 2. The van der Waals surface area contributed by atoms with Gasteiger partial charge >= 0.3 is 12.2 Å². The minimum absolute atomic E-state index is 0.0515. The zero-order valence-corrected chi connectivity index (χ0v) is 25.3. The van der Waals surface area contributed by atoms with E-state index in [4.69, 9.17) is 9.47 Å². The summed E-state index contributed by atoms with van der Waals surface area (Å²) in [5.41, 5.74) is 2.54. The molecule has 0 fully saturated rings. The Balaban J connectivity index is 2.79. The Labute approximate surface area is 230 Å². The summed E-state index contributed by atoms with van der Waals surface area (Å²) in [6.45, 7) is 20.0. The molecule has 2 amide bonds. The van der Waals surface area contributed by atoms with Crippen LogP contribution in [0.5, 0.6) is 0 Å². The van der Waals surface area contributed by atoms with Crippen molar-refractivity contribution in [3.63, 3.8) is 0 Å². The molecule has 0 spiro atoms. The Hall–Kier alpha value is -2.57. The van der Waals surface area contributed by atoms with Crippen LogP contribution in [0.3, 0.4) is 0 Å². The summed E-state index contributed by atoms with van der Waals surface area (Å²) in [6, 6.07) is 5.62. The van der Waals surface area contributed by atoms with Gasteiger partial charge in [0.1, 0.15) is 19.0 Å². The highest BCUT2D eigenvalue weighted by Gasteiger charge is 2.15. The minimum Gasteiger partial charge on any atom is -0.445 e. The molecule has 38 heavy (non-hydrogen) atoms. The van der Waals surface area contributed by atoms with Gasteiger partial charge < -0.3 is 20.1 Å². The van der Waals surface area contributed by atoms with E-state index in [2.05, 4.69) is 31.4 Å².